The van der Waals surface area contributed by atoms with Crippen LogP contribution in [0.2, 0.25) is 0 Å². The van der Waals surface area contributed by atoms with Crippen LogP contribution in [0, 0.1) is 0 Å². The monoisotopic (exact) mass is 346 g/mol. The van der Waals surface area contributed by atoms with Gasteiger partial charge in [-0.05, 0) is 19.1 Å². The van der Waals surface area contributed by atoms with E-state index in [1.807, 2.05) is 29.7 Å². The van der Waals surface area contributed by atoms with Crippen LogP contribution in [0.1, 0.15) is 19.7 Å². The predicted molar refractivity (Wildman–Crippen MR) is 98.5 cm³/mol. The van der Waals surface area contributed by atoms with Crippen LogP contribution >= 0.6 is 0 Å². The summed E-state index contributed by atoms with van der Waals surface area (Å²) in [7, 11) is 3.36. The first kappa shape index (κ1) is 18.6. The van der Waals surface area contributed by atoms with E-state index >= 15 is 0 Å². The topological polar surface area (TPSA) is 85.6 Å². The van der Waals surface area contributed by atoms with Crippen LogP contribution in [0.3, 0.4) is 0 Å². The second-order valence-corrected chi connectivity index (χ2v) is 5.22. The van der Waals surface area contributed by atoms with Crippen molar-refractivity contribution in [1.82, 2.24) is 20.1 Å². The number of guanidine groups is 1. The molecule has 1 aromatic carbocycles. The molecule has 0 aliphatic rings. The van der Waals surface area contributed by atoms with E-state index in [9.17, 15) is 0 Å². The Morgan fingerprint density at radius 1 is 1.28 bits per heavy atom. The van der Waals surface area contributed by atoms with Gasteiger partial charge in [-0.15, -0.1) is 10.2 Å². The van der Waals surface area contributed by atoms with Gasteiger partial charge in [0.2, 0.25) is 0 Å². The Balaban J connectivity index is 1.93. The smallest absolute Gasteiger partial charge is 0.195 e. The van der Waals surface area contributed by atoms with Crippen LogP contribution in [0.5, 0.6) is 11.5 Å². The average molecular weight is 346 g/mol. The maximum atomic E-state index is 5.53. The third kappa shape index (κ3) is 5.10. The van der Waals surface area contributed by atoms with Gasteiger partial charge in [0.1, 0.15) is 12.2 Å². The minimum atomic E-state index is 0.592. The Labute approximate surface area is 148 Å². The molecule has 2 N–H and O–H groups in total. The third-order valence-electron chi connectivity index (χ3n) is 3.61. The van der Waals surface area contributed by atoms with Gasteiger partial charge in [0.05, 0.1) is 13.7 Å². The lowest BCUT2D eigenvalue weighted by Gasteiger charge is -2.15. The number of hydrogen-bond acceptors (Lipinski definition) is 5. The van der Waals surface area contributed by atoms with Crippen LogP contribution < -0.4 is 20.1 Å². The molecule has 1 aromatic heterocycles. The number of benzene rings is 1. The van der Waals surface area contributed by atoms with E-state index in [0.717, 1.165) is 30.2 Å². The maximum absolute atomic E-state index is 5.53. The van der Waals surface area contributed by atoms with Crippen molar-refractivity contribution in [3.63, 3.8) is 0 Å². The Morgan fingerprint density at radius 3 is 2.80 bits per heavy atom. The van der Waals surface area contributed by atoms with Gasteiger partial charge in [-0.2, -0.15) is 0 Å². The number of nitrogens with zero attached hydrogens (tertiary/aromatic N) is 4. The second-order valence-electron chi connectivity index (χ2n) is 5.22. The number of aliphatic imine (C=N–C) groups is 1. The summed E-state index contributed by atoms with van der Waals surface area (Å²) in [4.78, 5) is 4.24. The quantitative estimate of drug-likeness (QED) is 0.561. The molecule has 136 valence electrons. The van der Waals surface area contributed by atoms with Crippen LogP contribution in [0.15, 0.2) is 29.5 Å². The number of ether oxygens (including phenoxy) is 2. The van der Waals surface area contributed by atoms with Crippen LogP contribution in [-0.4, -0.2) is 48.0 Å². The maximum Gasteiger partial charge on any atom is 0.195 e. The molecule has 0 aliphatic carbocycles. The normalized spacial score (nSPS) is 11.3. The molecule has 8 heteroatoms. The lowest BCUT2D eigenvalue weighted by molar-refractivity contribution is 0.311. The van der Waals surface area contributed by atoms with E-state index in [2.05, 4.69) is 32.7 Å². The van der Waals surface area contributed by atoms with E-state index in [1.165, 1.54) is 0 Å². The van der Waals surface area contributed by atoms with Crippen molar-refractivity contribution in [2.24, 2.45) is 4.99 Å². The van der Waals surface area contributed by atoms with Crippen molar-refractivity contribution in [1.29, 1.82) is 0 Å². The zero-order valence-electron chi connectivity index (χ0n) is 15.2. The molecule has 0 saturated carbocycles. The molecule has 2 rings (SSSR count). The SMILES string of the molecule is CCOc1ccc(NC(=NC)NCCn2cnnc2CC)cc1OC. The van der Waals surface area contributed by atoms with Gasteiger partial charge in [-0.3, -0.25) is 4.99 Å². The van der Waals surface area contributed by atoms with Crippen LogP contribution in [0.25, 0.3) is 0 Å². The summed E-state index contributed by atoms with van der Waals surface area (Å²) in [6, 6.07) is 5.69. The largest absolute Gasteiger partial charge is 0.493 e. The number of methoxy groups -OCH3 is 1. The first-order chi connectivity index (χ1) is 12.2. The molecule has 25 heavy (non-hydrogen) atoms. The number of nitrogens with one attached hydrogen (secondary N) is 2. The number of aryl methyl sites for hydroxylation is 1. The van der Waals surface area contributed by atoms with Crippen molar-refractivity contribution in [3.8, 4) is 11.5 Å². The van der Waals surface area contributed by atoms with Gasteiger partial charge in [0.25, 0.3) is 0 Å². The summed E-state index contributed by atoms with van der Waals surface area (Å²) < 4.78 is 12.9. The van der Waals surface area contributed by atoms with Gasteiger partial charge in [0.15, 0.2) is 17.5 Å². The highest BCUT2D eigenvalue weighted by molar-refractivity contribution is 5.93. The summed E-state index contributed by atoms with van der Waals surface area (Å²) in [6.45, 7) is 6.07. The van der Waals surface area contributed by atoms with Crippen molar-refractivity contribution < 1.29 is 9.47 Å². The number of anilines is 1. The first-order valence-electron chi connectivity index (χ1n) is 8.37. The average Bonchev–Trinajstić information content (AvgIpc) is 3.09. The summed E-state index contributed by atoms with van der Waals surface area (Å²) in [6.07, 6.45) is 2.60. The summed E-state index contributed by atoms with van der Waals surface area (Å²) in [5.74, 6) is 3.05. The van der Waals surface area contributed by atoms with Crippen molar-refractivity contribution in [2.45, 2.75) is 26.8 Å². The van der Waals surface area contributed by atoms with Gasteiger partial charge in [-0.25, -0.2) is 0 Å². The third-order valence-corrected chi connectivity index (χ3v) is 3.61. The molecular formula is C17H26N6O2. The second kappa shape index (κ2) is 9.51. The molecule has 8 nitrogen and oxygen atoms in total. The van der Waals surface area contributed by atoms with Gasteiger partial charge in [-0.1, -0.05) is 6.92 Å². The zero-order chi connectivity index (χ0) is 18.1. The number of rotatable bonds is 8. The first-order valence-corrected chi connectivity index (χ1v) is 8.37. The molecule has 0 atom stereocenters. The van der Waals surface area contributed by atoms with E-state index < -0.39 is 0 Å². The highest BCUT2D eigenvalue weighted by Gasteiger charge is 2.07. The summed E-state index contributed by atoms with van der Waals surface area (Å²) >= 11 is 0. The fourth-order valence-electron chi connectivity index (χ4n) is 2.37. The minimum absolute atomic E-state index is 0.592. The Kier molecular flexibility index (Phi) is 7.06. The fraction of sp³-hybridized carbons (Fsp3) is 0.471. The van der Waals surface area contributed by atoms with Gasteiger partial charge < -0.3 is 24.7 Å². The van der Waals surface area contributed by atoms with Crippen molar-refractivity contribution >= 4 is 11.6 Å². The van der Waals surface area contributed by atoms with Crippen molar-refractivity contribution in [3.05, 3.63) is 30.4 Å². The molecule has 0 aliphatic heterocycles. The predicted octanol–water partition coefficient (Wildman–Crippen LogP) is 1.94. The Hall–Kier alpha value is -2.77. The molecule has 2 aromatic rings. The van der Waals surface area contributed by atoms with E-state index in [1.54, 1.807) is 20.5 Å². The van der Waals surface area contributed by atoms with Gasteiger partial charge in [0, 0.05) is 38.3 Å². The standard InChI is InChI=1S/C17H26N6O2/c1-5-16-22-20-12-23(16)10-9-19-17(18-3)21-13-7-8-14(25-6-2)15(11-13)24-4/h7-8,11-12H,5-6,9-10H2,1-4H3,(H2,18,19,21). The molecule has 0 spiro atoms. The minimum Gasteiger partial charge on any atom is -0.493 e. The Morgan fingerprint density at radius 2 is 2.12 bits per heavy atom. The van der Waals surface area contributed by atoms with Gasteiger partial charge >= 0.3 is 0 Å². The van der Waals surface area contributed by atoms with E-state index in [0.29, 0.717) is 24.9 Å². The highest BCUT2D eigenvalue weighted by Crippen LogP contribution is 2.30. The lowest BCUT2D eigenvalue weighted by Crippen LogP contribution is -2.33. The molecule has 0 radical (unpaired) electrons. The number of hydrogen-bond donors (Lipinski definition) is 2. The Bertz CT molecular complexity index is 698. The van der Waals surface area contributed by atoms with Crippen molar-refractivity contribution in [2.75, 3.05) is 32.6 Å². The highest BCUT2D eigenvalue weighted by atomic mass is 16.5. The molecular weight excluding hydrogens is 320 g/mol. The summed E-state index contributed by atoms with van der Waals surface area (Å²) in [5, 5.41) is 14.5. The fourth-order valence-corrected chi connectivity index (χ4v) is 2.37. The van der Waals surface area contributed by atoms with Crippen LogP contribution in [-0.2, 0) is 13.0 Å². The molecule has 0 amide bonds. The lowest BCUT2D eigenvalue weighted by atomic mass is 10.2. The molecule has 0 unspecified atom stereocenters. The summed E-state index contributed by atoms with van der Waals surface area (Å²) in [5.41, 5.74) is 0.868. The molecule has 0 saturated heterocycles. The molecule has 0 fully saturated rings. The molecule has 0 bridgehead atoms. The van der Waals surface area contributed by atoms with E-state index in [-0.39, 0.29) is 0 Å². The van der Waals surface area contributed by atoms with E-state index in [4.69, 9.17) is 9.47 Å². The van der Waals surface area contributed by atoms with Crippen LogP contribution in [0.4, 0.5) is 5.69 Å². The molecule has 1 heterocycles. The zero-order valence-corrected chi connectivity index (χ0v) is 15.2. The number of aromatic nitrogens is 3.